The molecule has 0 radical (unpaired) electrons. The molecular formula is C7H10F6N2O2. The number of ether oxygens (including phenoxy) is 1. The van der Waals surface area contributed by atoms with Gasteiger partial charge in [0.05, 0.1) is 6.61 Å². The number of nitrogens with two attached hydrogens (primary N) is 1. The highest BCUT2D eigenvalue weighted by atomic mass is 19.4. The highest BCUT2D eigenvalue weighted by Crippen LogP contribution is 2.29. The monoisotopic (exact) mass is 268 g/mol. The lowest BCUT2D eigenvalue weighted by Crippen LogP contribution is -2.41. The largest absolute Gasteiger partial charge is 0.414 e. The molecule has 0 fully saturated rings. The molecule has 0 rings (SSSR count). The molecule has 10 heteroatoms. The van der Waals surface area contributed by atoms with Crippen LogP contribution in [0.1, 0.15) is 6.92 Å². The van der Waals surface area contributed by atoms with Crippen LogP contribution in [0.25, 0.3) is 0 Å². The van der Waals surface area contributed by atoms with Gasteiger partial charge in [-0.15, -0.1) is 0 Å². The number of halogens is 6. The van der Waals surface area contributed by atoms with Crippen molar-refractivity contribution < 1.29 is 36.3 Å². The van der Waals surface area contributed by atoms with Crippen LogP contribution in [0.4, 0.5) is 26.3 Å². The standard InChI is InChI=1S/C7H10F6N2O2/c1-3(6(8,9)10)17-2-4(5(14)15-16)7(11,12)13/h3-4,16H,2H2,1H3,(H2,14,15). The fraction of sp³-hybridized carbons (Fsp3) is 0.857. The molecule has 0 aliphatic rings. The van der Waals surface area contributed by atoms with Crippen molar-refractivity contribution in [3.63, 3.8) is 0 Å². The van der Waals surface area contributed by atoms with E-state index in [1.165, 1.54) is 0 Å². The molecule has 0 aromatic carbocycles. The van der Waals surface area contributed by atoms with Gasteiger partial charge in [-0.2, -0.15) is 26.3 Å². The van der Waals surface area contributed by atoms with Crippen LogP contribution in [0.3, 0.4) is 0 Å². The van der Waals surface area contributed by atoms with Gasteiger partial charge in [-0.05, 0) is 6.92 Å². The van der Waals surface area contributed by atoms with Crippen molar-refractivity contribution in [1.82, 2.24) is 0 Å². The summed E-state index contributed by atoms with van der Waals surface area (Å²) in [4.78, 5) is 0. The predicted octanol–water partition coefficient (Wildman–Crippen LogP) is 1.88. The zero-order valence-corrected chi connectivity index (χ0v) is 8.51. The summed E-state index contributed by atoms with van der Waals surface area (Å²) in [7, 11) is 0. The summed E-state index contributed by atoms with van der Waals surface area (Å²) in [6, 6.07) is 0. The Hall–Kier alpha value is -1.19. The average molecular weight is 268 g/mol. The molecule has 0 saturated carbocycles. The van der Waals surface area contributed by atoms with Gasteiger partial charge in [-0.3, -0.25) is 0 Å². The first kappa shape index (κ1) is 15.8. The van der Waals surface area contributed by atoms with E-state index in [-0.39, 0.29) is 0 Å². The van der Waals surface area contributed by atoms with Crippen LogP contribution >= 0.6 is 0 Å². The van der Waals surface area contributed by atoms with Gasteiger partial charge in [0.2, 0.25) is 0 Å². The first-order valence-corrected chi connectivity index (χ1v) is 4.22. The SMILES string of the molecule is CC(OCC(C(N)=NO)C(F)(F)F)C(F)(F)F. The minimum absolute atomic E-state index is 0.555. The van der Waals surface area contributed by atoms with E-state index in [4.69, 9.17) is 10.9 Å². The average Bonchev–Trinajstić information content (AvgIpc) is 2.13. The molecule has 2 unspecified atom stereocenters. The van der Waals surface area contributed by atoms with Crippen molar-refractivity contribution in [1.29, 1.82) is 0 Å². The number of nitrogens with zero attached hydrogens (tertiary/aromatic N) is 1. The third kappa shape index (κ3) is 5.11. The van der Waals surface area contributed by atoms with Crippen LogP contribution in [0.2, 0.25) is 0 Å². The van der Waals surface area contributed by atoms with E-state index < -0.39 is 36.8 Å². The second-order valence-electron chi connectivity index (χ2n) is 3.14. The zero-order chi connectivity index (χ0) is 13.9. The van der Waals surface area contributed by atoms with Crippen molar-refractivity contribution in [2.45, 2.75) is 25.4 Å². The Bertz CT molecular complexity index is 275. The van der Waals surface area contributed by atoms with E-state index >= 15 is 0 Å². The zero-order valence-electron chi connectivity index (χ0n) is 8.51. The van der Waals surface area contributed by atoms with Gasteiger partial charge < -0.3 is 15.7 Å². The lowest BCUT2D eigenvalue weighted by molar-refractivity contribution is -0.230. The van der Waals surface area contributed by atoms with Crippen LogP contribution in [-0.2, 0) is 4.74 Å². The fourth-order valence-corrected chi connectivity index (χ4v) is 0.752. The van der Waals surface area contributed by atoms with E-state index in [9.17, 15) is 26.3 Å². The lowest BCUT2D eigenvalue weighted by Gasteiger charge is -2.22. The maximum Gasteiger partial charge on any atom is 0.414 e. The van der Waals surface area contributed by atoms with Crippen LogP contribution in [-0.4, -0.2) is 36.1 Å². The van der Waals surface area contributed by atoms with Gasteiger partial charge >= 0.3 is 12.4 Å². The van der Waals surface area contributed by atoms with Gasteiger partial charge in [-0.1, -0.05) is 5.16 Å². The second kappa shape index (κ2) is 5.43. The van der Waals surface area contributed by atoms with Gasteiger partial charge in [0.1, 0.15) is 5.92 Å². The number of alkyl halides is 6. The highest BCUT2D eigenvalue weighted by Gasteiger charge is 2.45. The molecule has 0 spiro atoms. The highest BCUT2D eigenvalue weighted by molar-refractivity contribution is 5.83. The summed E-state index contributed by atoms with van der Waals surface area (Å²) in [6.07, 6.45) is -12.1. The van der Waals surface area contributed by atoms with E-state index in [0.29, 0.717) is 6.92 Å². The molecular weight excluding hydrogens is 258 g/mol. The molecule has 17 heavy (non-hydrogen) atoms. The Morgan fingerprint density at radius 2 is 1.71 bits per heavy atom. The van der Waals surface area contributed by atoms with Crippen molar-refractivity contribution >= 4 is 5.84 Å². The Balaban J connectivity index is 4.60. The first-order chi connectivity index (χ1) is 7.50. The van der Waals surface area contributed by atoms with E-state index in [2.05, 4.69) is 9.89 Å². The molecule has 0 aromatic rings. The van der Waals surface area contributed by atoms with Crippen molar-refractivity contribution in [3.8, 4) is 0 Å². The van der Waals surface area contributed by atoms with Gasteiger partial charge in [0.25, 0.3) is 0 Å². The number of amidine groups is 1. The van der Waals surface area contributed by atoms with E-state index in [0.717, 1.165) is 0 Å². The summed E-state index contributed by atoms with van der Waals surface area (Å²) >= 11 is 0. The Morgan fingerprint density at radius 3 is 2.00 bits per heavy atom. The third-order valence-electron chi connectivity index (χ3n) is 1.84. The molecule has 0 bridgehead atoms. The Morgan fingerprint density at radius 1 is 1.24 bits per heavy atom. The number of hydrogen-bond acceptors (Lipinski definition) is 3. The minimum atomic E-state index is -4.96. The molecule has 0 aliphatic carbocycles. The summed E-state index contributed by atoms with van der Waals surface area (Å²) < 4.78 is 76.7. The molecule has 2 atom stereocenters. The number of rotatable bonds is 4. The quantitative estimate of drug-likeness (QED) is 0.269. The molecule has 0 saturated heterocycles. The molecule has 0 aliphatic heterocycles. The van der Waals surface area contributed by atoms with Gasteiger partial charge in [0, 0.05) is 0 Å². The van der Waals surface area contributed by atoms with Crippen LogP contribution in [0.15, 0.2) is 5.16 Å². The Labute approximate surface area is 92.0 Å². The summed E-state index contributed by atoms with van der Waals surface area (Å²) in [5, 5.41) is 10.2. The van der Waals surface area contributed by atoms with Crippen molar-refractivity contribution in [2.24, 2.45) is 16.8 Å². The maximum atomic E-state index is 12.3. The van der Waals surface area contributed by atoms with Crippen molar-refractivity contribution in [3.05, 3.63) is 0 Å². The number of oxime groups is 1. The van der Waals surface area contributed by atoms with Crippen molar-refractivity contribution in [2.75, 3.05) is 6.61 Å². The molecule has 0 aromatic heterocycles. The minimum Gasteiger partial charge on any atom is -0.409 e. The van der Waals surface area contributed by atoms with Gasteiger partial charge in [-0.25, -0.2) is 0 Å². The predicted molar refractivity (Wildman–Crippen MR) is 44.4 cm³/mol. The smallest absolute Gasteiger partial charge is 0.409 e. The summed E-state index contributed by atoms with van der Waals surface area (Å²) in [5.74, 6) is -3.84. The normalized spacial score (nSPS) is 17.9. The fourth-order valence-electron chi connectivity index (χ4n) is 0.752. The lowest BCUT2D eigenvalue weighted by atomic mass is 10.1. The molecule has 4 nitrogen and oxygen atoms in total. The summed E-state index contributed by atoms with van der Waals surface area (Å²) in [5.41, 5.74) is 4.72. The summed E-state index contributed by atoms with van der Waals surface area (Å²) in [6.45, 7) is -0.820. The van der Waals surface area contributed by atoms with E-state index in [1.54, 1.807) is 0 Å². The molecule has 102 valence electrons. The maximum absolute atomic E-state index is 12.3. The van der Waals surface area contributed by atoms with Gasteiger partial charge in [0.15, 0.2) is 11.9 Å². The Kier molecular flexibility index (Phi) is 5.05. The van der Waals surface area contributed by atoms with Crippen LogP contribution in [0.5, 0.6) is 0 Å². The van der Waals surface area contributed by atoms with Crippen LogP contribution < -0.4 is 5.73 Å². The third-order valence-corrected chi connectivity index (χ3v) is 1.84. The topological polar surface area (TPSA) is 67.8 Å². The van der Waals surface area contributed by atoms with Crippen LogP contribution in [0, 0.1) is 5.92 Å². The van der Waals surface area contributed by atoms with E-state index in [1.807, 2.05) is 0 Å². The molecule has 0 heterocycles. The second-order valence-corrected chi connectivity index (χ2v) is 3.14. The first-order valence-electron chi connectivity index (χ1n) is 4.22. The molecule has 0 amide bonds. The molecule has 3 N–H and O–H groups in total. The number of hydrogen-bond donors (Lipinski definition) is 2.